The van der Waals surface area contributed by atoms with E-state index in [2.05, 4.69) is 14.7 Å². The van der Waals surface area contributed by atoms with Crippen molar-refractivity contribution in [3.8, 4) is 17.4 Å². The molecule has 2 N–H and O–H groups in total. The van der Waals surface area contributed by atoms with E-state index in [-0.39, 0.29) is 27.8 Å². The van der Waals surface area contributed by atoms with Gasteiger partial charge in [0.1, 0.15) is 23.2 Å². The second-order valence-electron chi connectivity index (χ2n) is 6.00. The maximum Gasteiger partial charge on any atom is 0.335 e. The van der Waals surface area contributed by atoms with E-state index < -0.39 is 26.9 Å². The second-order valence-corrected chi connectivity index (χ2v) is 8.92. The van der Waals surface area contributed by atoms with Crippen LogP contribution in [0.25, 0.3) is 17.4 Å². The third-order valence-corrected chi connectivity index (χ3v) is 6.20. The van der Waals surface area contributed by atoms with E-state index in [1.165, 1.54) is 31.2 Å². The minimum atomic E-state index is -3.61. The normalized spacial score (nSPS) is 11.7. The molecule has 158 valence electrons. The van der Waals surface area contributed by atoms with Crippen molar-refractivity contribution in [1.29, 1.82) is 5.26 Å². The Kier molecular flexibility index (Phi) is 6.28. The molecule has 0 spiro atoms. The van der Waals surface area contributed by atoms with Crippen molar-refractivity contribution in [2.24, 2.45) is 0 Å². The Hall–Kier alpha value is -3.82. The third kappa shape index (κ3) is 5.03. The molecule has 1 aromatic carbocycles. The number of hydrogen-bond acceptors (Lipinski definition) is 9. The van der Waals surface area contributed by atoms with Crippen molar-refractivity contribution >= 4 is 44.5 Å². The summed E-state index contributed by atoms with van der Waals surface area (Å²) in [5.74, 6) is -1.54. The van der Waals surface area contributed by atoms with Crippen LogP contribution >= 0.6 is 11.5 Å². The Balaban J connectivity index is 1.80. The van der Waals surface area contributed by atoms with Gasteiger partial charge in [-0.15, -0.1) is 0 Å². The highest BCUT2D eigenvalue weighted by Gasteiger charge is 2.20. The average Bonchev–Trinajstić information content (AvgIpc) is 3.42. The van der Waals surface area contributed by atoms with Crippen LogP contribution in [0, 0.1) is 11.3 Å². The van der Waals surface area contributed by atoms with Gasteiger partial charge in [-0.05, 0) is 24.3 Å². The van der Waals surface area contributed by atoms with Crippen molar-refractivity contribution in [3.63, 3.8) is 0 Å². The lowest BCUT2D eigenvalue weighted by atomic mass is 10.1. The smallest absolute Gasteiger partial charge is 0.335 e. The van der Waals surface area contributed by atoms with E-state index in [4.69, 9.17) is 9.52 Å². The van der Waals surface area contributed by atoms with Crippen molar-refractivity contribution in [3.05, 3.63) is 53.3 Å². The molecule has 31 heavy (non-hydrogen) atoms. The maximum absolute atomic E-state index is 12.4. The predicted molar refractivity (Wildman–Crippen MR) is 111 cm³/mol. The summed E-state index contributed by atoms with van der Waals surface area (Å²) in [5, 5.41) is 20.3. The lowest BCUT2D eigenvalue weighted by Crippen LogP contribution is -2.13. The number of anilines is 1. The van der Waals surface area contributed by atoms with Crippen LogP contribution in [0.2, 0.25) is 0 Å². The fourth-order valence-electron chi connectivity index (χ4n) is 2.36. The lowest BCUT2D eigenvalue weighted by Gasteiger charge is -2.00. The summed E-state index contributed by atoms with van der Waals surface area (Å²) < 4.78 is 32.8. The first-order valence-corrected chi connectivity index (χ1v) is 11.1. The van der Waals surface area contributed by atoms with Crippen molar-refractivity contribution < 1.29 is 27.5 Å². The third-order valence-electron chi connectivity index (χ3n) is 3.96. The van der Waals surface area contributed by atoms with Crippen LogP contribution in [-0.4, -0.2) is 40.5 Å². The molecule has 10 nitrogen and oxygen atoms in total. The first kappa shape index (κ1) is 21.9. The number of nitrogens with zero attached hydrogens (tertiary/aromatic N) is 3. The number of benzene rings is 1. The van der Waals surface area contributed by atoms with E-state index in [0.717, 1.165) is 0 Å². The quantitative estimate of drug-likeness (QED) is 0.400. The number of rotatable bonds is 7. The fraction of sp³-hybridized carbons (Fsp3) is 0.105. The zero-order valence-electron chi connectivity index (χ0n) is 15.9. The number of carboxylic acid groups (broad SMARTS) is 1. The van der Waals surface area contributed by atoms with Crippen molar-refractivity contribution in [2.45, 2.75) is 12.1 Å². The standard InChI is InChI=1S/C19H14N4O6S2/c1-2-31(27,28)19-22-18(30-23-19)21-16(24)13(10-20)9-14-6-7-15(29-14)11-4-3-5-12(8-11)17(25)26/h3-9H,2H2,1H3,(H,25,26)(H,21,22,23,24)/b13-9-. The van der Waals surface area contributed by atoms with Gasteiger partial charge >= 0.3 is 5.97 Å². The number of nitrogens with one attached hydrogen (secondary N) is 1. The number of carbonyl (C=O) groups is 2. The van der Waals surface area contributed by atoms with Crippen LogP contribution in [0.1, 0.15) is 23.0 Å². The first-order chi connectivity index (χ1) is 14.7. The molecule has 0 aliphatic carbocycles. The van der Waals surface area contributed by atoms with Gasteiger partial charge in [-0.3, -0.25) is 10.1 Å². The molecule has 3 aromatic rings. The van der Waals surface area contributed by atoms with Crippen LogP contribution in [-0.2, 0) is 14.6 Å². The largest absolute Gasteiger partial charge is 0.478 e. The van der Waals surface area contributed by atoms with Crippen LogP contribution in [0.3, 0.4) is 0 Å². The Bertz CT molecular complexity index is 1330. The average molecular weight is 458 g/mol. The molecule has 0 bridgehead atoms. The molecular weight excluding hydrogens is 444 g/mol. The van der Waals surface area contributed by atoms with Crippen LogP contribution in [0.5, 0.6) is 0 Å². The zero-order valence-corrected chi connectivity index (χ0v) is 17.5. The van der Waals surface area contributed by atoms with Gasteiger partial charge in [-0.2, -0.15) is 14.6 Å². The number of furan rings is 1. The SMILES string of the molecule is CCS(=O)(=O)c1nsc(NC(=O)/C(C#N)=C\c2ccc(-c3cccc(C(=O)O)c3)o2)n1. The molecule has 2 aromatic heterocycles. The summed E-state index contributed by atoms with van der Waals surface area (Å²) >= 11 is 0.679. The van der Waals surface area contributed by atoms with Gasteiger partial charge in [0.2, 0.25) is 15.0 Å². The van der Waals surface area contributed by atoms with Gasteiger partial charge in [0.25, 0.3) is 11.1 Å². The summed E-state index contributed by atoms with van der Waals surface area (Å²) in [6.07, 6.45) is 1.20. The Morgan fingerprint density at radius 2 is 2.10 bits per heavy atom. The first-order valence-electron chi connectivity index (χ1n) is 8.66. The lowest BCUT2D eigenvalue weighted by molar-refractivity contribution is -0.112. The molecule has 0 fully saturated rings. The van der Waals surface area contributed by atoms with E-state index in [1.807, 2.05) is 0 Å². The van der Waals surface area contributed by atoms with Gasteiger partial charge in [-0.1, -0.05) is 19.1 Å². The minimum absolute atomic E-state index is 0.0659. The second kappa shape index (κ2) is 8.90. The summed E-state index contributed by atoms with van der Waals surface area (Å²) in [7, 11) is -3.61. The van der Waals surface area contributed by atoms with Gasteiger partial charge < -0.3 is 9.52 Å². The van der Waals surface area contributed by atoms with Gasteiger partial charge in [0.15, 0.2) is 0 Å². The van der Waals surface area contributed by atoms with Crippen molar-refractivity contribution in [2.75, 3.05) is 11.1 Å². The number of nitriles is 1. The van der Waals surface area contributed by atoms with Gasteiger partial charge in [0, 0.05) is 23.2 Å². The Morgan fingerprint density at radius 1 is 1.32 bits per heavy atom. The minimum Gasteiger partial charge on any atom is -0.478 e. The number of amides is 1. The molecule has 3 rings (SSSR count). The summed E-state index contributed by atoms with van der Waals surface area (Å²) in [5.41, 5.74) is 0.293. The molecule has 2 heterocycles. The molecular formula is C19H14N4O6S2. The molecule has 0 atom stereocenters. The molecule has 0 saturated carbocycles. The number of hydrogen-bond donors (Lipinski definition) is 2. The van der Waals surface area contributed by atoms with Gasteiger partial charge in [0.05, 0.1) is 11.3 Å². The molecule has 0 radical (unpaired) electrons. The molecule has 0 aliphatic heterocycles. The molecule has 0 aliphatic rings. The molecule has 1 amide bonds. The number of carboxylic acids is 1. The highest BCUT2D eigenvalue weighted by molar-refractivity contribution is 7.91. The summed E-state index contributed by atoms with van der Waals surface area (Å²) in [6, 6.07) is 10.9. The van der Waals surface area contributed by atoms with Crippen molar-refractivity contribution in [1.82, 2.24) is 9.36 Å². The summed E-state index contributed by atoms with van der Waals surface area (Å²) in [4.78, 5) is 27.2. The highest BCUT2D eigenvalue weighted by atomic mass is 32.2. The molecule has 12 heteroatoms. The van der Waals surface area contributed by atoms with E-state index in [0.29, 0.717) is 22.9 Å². The van der Waals surface area contributed by atoms with E-state index >= 15 is 0 Å². The monoisotopic (exact) mass is 458 g/mol. The molecule has 0 saturated heterocycles. The topological polar surface area (TPSA) is 163 Å². The Morgan fingerprint density at radius 3 is 2.77 bits per heavy atom. The number of carbonyl (C=O) groups excluding carboxylic acids is 1. The highest BCUT2D eigenvalue weighted by Crippen LogP contribution is 2.25. The number of aromatic carboxylic acids is 1. The van der Waals surface area contributed by atoms with E-state index in [9.17, 15) is 23.3 Å². The van der Waals surface area contributed by atoms with Gasteiger partial charge in [-0.25, -0.2) is 13.2 Å². The maximum atomic E-state index is 12.4. The summed E-state index contributed by atoms with van der Waals surface area (Å²) in [6.45, 7) is 1.45. The number of sulfone groups is 1. The van der Waals surface area contributed by atoms with E-state index in [1.54, 1.807) is 24.3 Å². The predicted octanol–water partition coefficient (Wildman–Crippen LogP) is 2.84. The fourth-order valence-corrected chi connectivity index (χ4v) is 3.95. The zero-order chi connectivity index (χ0) is 22.6. The van der Waals surface area contributed by atoms with Crippen LogP contribution < -0.4 is 5.32 Å². The van der Waals surface area contributed by atoms with Crippen LogP contribution in [0.15, 0.2) is 51.5 Å². The number of aromatic nitrogens is 2. The van der Waals surface area contributed by atoms with Crippen LogP contribution in [0.4, 0.5) is 5.13 Å². The molecule has 0 unspecified atom stereocenters. The Labute approximate surface area is 180 Å².